The number of benzene rings is 1. The quantitative estimate of drug-likeness (QED) is 0.913. The Labute approximate surface area is 130 Å². The van der Waals surface area contributed by atoms with Crippen molar-refractivity contribution in [1.82, 2.24) is 4.57 Å². The van der Waals surface area contributed by atoms with Crippen LogP contribution in [0.1, 0.15) is 47.6 Å². The van der Waals surface area contributed by atoms with E-state index in [4.69, 9.17) is 0 Å². The molecule has 0 aliphatic rings. The van der Waals surface area contributed by atoms with Crippen LogP contribution in [0.15, 0.2) is 24.3 Å². The maximum absolute atomic E-state index is 11.7. The smallest absolute Gasteiger partial charge is 0.353 e. The number of carboxylic acid groups (broad SMARTS) is 1. The summed E-state index contributed by atoms with van der Waals surface area (Å²) < 4.78 is 1.62. The van der Waals surface area contributed by atoms with Crippen LogP contribution in [0.25, 0.3) is 11.1 Å². The second-order valence-corrected chi connectivity index (χ2v) is 5.32. The molecule has 0 aliphatic heterocycles. The van der Waals surface area contributed by atoms with Gasteiger partial charge in [-0.05, 0) is 24.0 Å². The third-order valence-corrected chi connectivity index (χ3v) is 3.95. The molecule has 0 saturated carbocycles. The lowest BCUT2D eigenvalue weighted by Gasteiger charge is -2.05. The van der Waals surface area contributed by atoms with Crippen LogP contribution in [0, 0.1) is 11.3 Å². The van der Waals surface area contributed by atoms with Gasteiger partial charge < -0.3 is 9.67 Å². The Hall–Kier alpha value is -2.54. The highest BCUT2D eigenvalue weighted by atomic mass is 16.4. The van der Waals surface area contributed by atoms with Crippen molar-refractivity contribution in [2.75, 3.05) is 0 Å². The molecule has 1 aromatic heterocycles. The Morgan fingerprint density at radius 3 is 2.36 bits per heavy atom. The summed E-state index contributed by atoms with van der Waals surface area (Å²) in [5.41, 5.74) is 3.92. The summed E-state index contributed by atoms with van der Waals surface area (Å²) in [6, 6.07) is 10.0. The minimum Gasteiger partial charge on any atom is -0.477 e. The normalized spacial score (nSPS) is 10.5. The number of aromatic nitrogens is 1. The predicted molar refractivity (Wildman–Crippen MR) is 85.9 cm³/mol. The number of hydrogen-bond donors (Lipinski definition) is 1. The lowest BCUT2D eigenvalue weighted by atomic mass is 9.98. The average molecular weight is 296 g/mol. The molecule has 2 aromatic rings. The Bertz CT molecular complexity index is 734. The largest absolute Gasteiger partial charge is 0.477 e. The molecule has 0 aliphatic carbocycles. The lowest BCUT2D eigenvalue weighted by Crippen LogP contribution is -2.07. The summed E-state index contributed by atoms with van der Waals surface area (Å²) in [6.07, 6.45) is 2.67. The van der Waals surface area contributed by atoms with Crippen LogP contribution in [-0.4, -0.2) is 15.6 Å². The summed E-state index contributed by atoms with van der Waals surface area (Å²) in [5.74, 6) is -1.01. The zero-order valence-corrected chi connectivity index (χ0v) is 13.2. The van der Waals surface area contributed by atoms with E-state index in [1.807, 2.05) is 31.2 Å². The Balaban J connectivity index is 2.68. The van der Waals surface area contributed by atoms with E-state index >= 15 is 0 Å². The molecule has 0 amide bonds. The fourth-order valence-electron chi connectivity index (χ4n) is 2.93. The van der Waals surface area contributed by atoms with E-state index in [0.717, 1.165) is 24.1 Å². The first-order valence-corrected chi connectivity index (χ1v) is 7.49. The fraction of sp³-hybridized carbons (Fsp3) is 0.333. The van der Waals surface area contributed by atoms with Crippen LogP contribution in [0.5, 0.6) is 0 Å². The molecule has 0 unspecified atom stereocenters. The summed E-state index contributed by atoms with van der Waals surface area (Å²) in [7, 11) is 1.71. The van der Waals surface area contributed by atoms with Crippen molar-refractivity contribution in [3.8, 4) is 17.2 Å². The predicted octanol–water partition coefficient (Wildman–Crippen LogP) is 3.78. The second-order valence-electron chi connectivity index (χ2n) is 5.32. The molecule has 1 N–H and O–H groups in total. The molecule has 4 heteroatoms. The zero-order valence-electron chi connectivity index (χ0n) is 13.2. The molecule has 0 saturated heterocycles. The van der Waals surface area contributed by atoms with Crippen LogP contribution in [0.4, 0.5) is 0 Å². The first-order chi connectivity index (χ1) is 10.5. The minimum atomic E-state index is -1.01. The van der Waals surface area contributed by atoms with E-state index in [0.29, 0.717) is 17.5 Å². The first-order valence-electron chi connectivity index (χ1n) is 7.49. The highest BCUT2D eigenvalue weighted by molar-refractivity contribution is 5.97. The molecule has 22 heavy (non-hydrogen) atoms. The van der Waals surface area contributed by atoms with Crippen molar-refractivity contribution in [2.24, 2.45) is 7.05 Å². The van der Waals surface area contributed by atoms with E-state index in [2.05, 4.69) is 13.0 Å². The summed E-state index contributed by atoms with van der Waals surface area (Å²) >= 11 is 0. The highest BCUT2D eigenvalue weighted by Crippen LogP contribution is 2.32. The highest BCUT2D eigenvalue weighted by Gasteiger charge is 2.25. The van der Waals surface area contributed by atoms with Gasteiger partial charge in [0.1, 0.15) is 11.8 Å². The van der Waals surface area contributed by atoms with Crippen molar-refractivity contribution >= 4 is 5.97 Å². The van der Waals surface area contributed by atoms with Gasteiger partial charge in [0, 0.05) is 18.3 Å². The summed E-state index contributed by atoms with van der Waals surface area (Å²) in [5, 5.41) is 19.0. The van der Waals surface area contributed by atoms with Gasteiger partial charge in [-0.25, -0.2) is 4.79 Å². The maximum atomic E-state index is 11.7. The van der Waals surface area contributed by atoms with Crippen molar-refractivity contribution in [3.05, 3.63) is 46.8 Å². The van der Waals surface area contributed by atoms with Crippen molar-refractivity contribution < 1.29 is 9.90 Å². The molecule has 0 spiro atoms. The third-order valence-electron chi connectivity index (χ3n) is 3.95. The number of carboxylic acids is 1. The third kappa shape index (κ3) is 2.62. The number of nitriles is 1. The number of hydrogen-bond acceptors (Lipinski definition) is 2. The molecule has 0 radical (unpaired) electrons. The fourth-order valence-corrected chi connectivity index (χ4v) is 2.93. The van der Waals surface area contributed by atoms with Crippen LogP contribution < -0.4 is 0 Å². The molecule has 2 rings (SSSR count). The Morgan fingerprint density at radius 1 is 1.27 bits per heavy atom. The van der Waals surface area contributed by atoms with E-state index in [1.54, 1.807) is 11.6 Å². The van der Waals surface area contributed by atoms with E-state index in [-0.39, 0.29) is 5.69 Å². The number of rotatable bonds is 5. The Kier molecular flexibility index (Phi) is 4.67. The van der Waals surface area contributed by atoms with E-state index in [9.17, 15) is 15.2 Å². The lowest BCUT2D eigenvalue weighted by molar-refractivity contribution is 0.0687. The molecule has 1 heterocycles. The zero-order chi connectivity index (χ0) is 16.3. The Morgan fingerprint density at radius 2 is 1.91 bits per heavy atom. The van der Waals surface area contributed by atoms with Gasteiger partial charge in [0.2, 0.25) is 0 Å². The van der Waals surface area contributed by atoms with Gasteiger partial charge in [0.25, 0.3) is 0 Å². The van der Waals surface area contributed by atoms with Crippen LogP contribution >= 0.6 is 0 Å². The van der Waals surface area contributed by atoms with Crippen molar-refractivity contribution in [3.63, 3.8) is 0 Å². The summed E-state index contributed by atoms with van der Waals surface area (Å²) in [4.78, 5) is 11.7. The van der Waals surface area contributed by atoms with E-state index in [1.165, 1.54) is 5.56 Å². The molecule has 0 fully saturated rings. The topological polar surface area (TPSA) is 66.0 Å². The number of carbonyl (C=O) groups is 1. The molecule has 0 bridgehead atoms. The first kappa shape index (κ1) is 15.8. The monoisotopic (exact) mass is 296 g/mol. The van der Waals surface area contributed by atoms with Crippen LogP contribution in [0.3, 0.4) is 0 Å². The van der Waals surface area contributed by atoms with Gasteiger partial charge in [-0.15, -0.1) is 0 Å². The van der Waals surface area contributed by atoms with Gasteiger partial charge in [-0.1, -0.05) is 44.5 Å². The van der Waals surface area contributed by atoms with Gasteiger partial charge in [0.15, 0.2) is 0 Å². The van der Waals surface area contributed by atoms with Crippen molar-refractivity contribution in [1.29, 1.82) is 5.26 Å². The second kappa shape index (κ2) is 6.48. The SMILES string of the molecule is CCCc1ccc(-c2c(C#N)c(CC)n(C)c2C(=O)O)cc1. The van der Waals surface area contributed by atoms with Gasteiger partial charge in [0.05, 0.1) is 5.56 Å². The van der Waals surface area contributed by atoms with Crippen LogP contribution in [0.2, 0.25) is 0 Å². The van der Waals surface area contributed by atoms with Gasteiger partial charge in [-0.3, -0.25) is 0 Å². The minimum absolute atomic E-state index is 0.177. The average Bonchev–Trinajstić information content (AvgIpc) is 2.80. The summed E-state index contributed by atoms with van der Waals surface area (Å²) in [6.45, 7) is 4.05. The molecule has 114 valence electrons. The molecule has 0 atom stereocenters. The molecular formula is C18H20N2O2. The standard InChI is InChI=1S/C18H20N2O2/c1-4-6-12-7-9-13(10-8-12)16-14(11-19)15(5-2)20(3)17(16)18(21)22/h7-10H,4-6H2,1-3H3,(H,21,22). The molecule has 4 nitrogen and oxygen atoms in total. The van der Waals surface area contributed by atoms with Crippen molar-refractivity contribution in [2.45, 2.75) is 33.1 Å². The maximum Gasteiger partial charge on any atom is 0.353 e. The van der Waals surface area contributed by atoms with Gasteiger partial charge >= 0.3 is 5.97 Å². The van der Waals surface area contributed by atoms with E-state index < -0.39 is 5.97 Å². The molecule has 1 aromatic carbocycles. The molecular weight excluding hydrogens is 276 g/mol. The number of aromatic carboxylic acids is 1. The number of aryl methyl sites for hydroxylation is 1. The van der Waals surface area contributed by atoms with Crippen LogP contribution in [-0.2, 0) is 19.9 Å². The van der Waals surface area contributed by atoms with Gasteiger partial charge in [-0.2, -0.15) is 5.26 Å². The number of nitrogens with zero attached hydrogens (tertiary/aromatic N) is 2.